The molecule has 0 bridgehead atoms. The Labute approximate surface area is 197 Å². The number of halogens is 1. The normalized spacial score (nSPS) is 17.3. The van der Waals surface area contributed by atoms with Crippen LogP contribution in [0.15, 0.2) is 23.3 Å². The lowest BCUT2D eigenvalue weighted by molar-refractivity contribution is 0.0203. The molecular formula is C22H37IN4O3. The first-order chi connectivity index (χ1) is 14.3. The highest BCUT2D eigenvalue weighted by atomic mass is 127. The van der Waals surface area contributed by atoms with E-state index in [0.717, 1.165) is 82.8 Å². The Bertz CT molecular complexity index is 605. The van der Waals surface area contributed by atoms with Crippen LogP contribution in [0, 0.1) is 11.8 Å². The maximum absolute atomic E-state index is 5.82. The van der Waals surface area contributed by atoms with Crippen LogP contribution in [0.25, 0.3) is 0 Å². The van der Waals surface area contributed by atoms with Gasteiger partial charge >= 0.3 is 0 Å². The van der Waals surface area contributed by atoms with Crippen molar-refractivity contribution in [1.82, 2.24) is 15.6 Å². The Morgan fingerprint density at radius 1 is 1.13 bits per heavy atom. The van der Waals surface area contributed by atoms with Crippen LogP contribution in [0.4, 0.5) is 0 Å². The van der Waals surface area contributed by atoms with Gasteiger partial charge in [0, 0.05) is 51.8 Å². The Morgan fingerprint density at radius 2 is 1.93 bits per heavy atom. The molecule has 30 heavy (non-hydrogen) atoms. The third-order valence-electron chi connectivity index (χ3n) is 5.18. The number of pyridine rings is 1. The minimum atomic E-state index is 0. The van der Waals surface area contributed by atoms with Gasteiger partial charge in [0.25, 0.3) is 0 Å². The van der Waals surface area contributed by atoms with Crippen molar-refractivity contribution in [1.29, 1.82) is 0 Å². The van der Waals surface area contributed by atoms with Crippen LogP contribution < -0.4 is 15.4 Å². The second kappa shape index (κ2) is 14.8. The highest BCUT2D eigenvalue weighted by molar-refractivity contribution is 14.0. The Balaban J connectivity index is 0.00000320. The Kier molecular flexibility index (Phi) is 12.4. The van der Waals surface area contributed by atoms with Crippen LogP contribution in [0.1, 0.15) is 44.6 Å². The van der Waals surface area contributed by atoms with Gasteiger partial charge < -0.3 is 24.8 Å². The Morgan fingerprint density at radius 3 is 2.63 bits per heavy atom. The van der Waals surface area contributed by atoms with E-state index in [1.54, 1.807) is 0 Å². The quantitative estimate of drug-likeness (QED) is 0.186. The standard InChI is InChI=1S/C22H36N4O3.HI/c1-2-23-22(24-10-3-11-28-16-19-8-12-27-13-9-19)26-15-20-6-7-21(25-14-20)29-17-18-4-5-18;/h6-7,14,18-19H,2-5,8-13,15-17H2,1H3,(H2,23,24,26);1H. The van der Waals surface area contributed by atoms with Gasteiger partial charge in [-0.25, -0.2) is 9.98 Å². The number of aliphatic imine (C=N–C) groups is 1. The van der Waals surface area contributed by atoms with Crippen molar-refractivity contribution >= 4 is 29.9 Å². The summed E-state index contributed by atoms with van der Waals surface area (Å²) in [5, 5.41) is 6.66. The molecule has 170 valence electrons. The number of ether oxygens (including phenoxy) is 3. The molecule has 1 saturated heterocycles. The number of rotatable bonds is 12. The van der Waals surface area contributed by atoms with E-state index in [2.05, 4.69) is 27.5 Å². The summed E-state index contributed by atoms with van der Waals surface area (Å²) in [5.41, 5.74) is 1.07. The highest BCUT2D eigenvalue weighted by Crippen LogP contribution is 2.29. The smallest absolute Gasteiger partial charge is 0.213 e. The van der Waals surface area contributed by atoms with Crippen molar-refractivity contribution in [3.05, 3.63) is 23.9 Å². The molecule has 1 aromatic rings. The first kappa shape index (κ1) is 25.1. The molecule has 0 atom stereocenters. The summed E-state index contributed by atoms with van der Waals surface area (Å²) in [7, 11) is 0. The highest BCUT2D eigenvalue weighted by Gasteiger charge is 2.22. The van der Waals surface area contributed by atoms with Gasteiger partial charge in [0.05, 0.1) is 13.2 Å². The summed E-state index contributed by atoms with van der Waals surface area (Å²) in [6, 6.07) is 3.97. The van der Waals surface area contributed by atoms with E-state index >= 15 is 0 Å². The first-order valence-corrected chi connectivity index (χ1v) is 11.1. The summed E-state index contributed by atoms with van der Waals surface area (Å²) >= 11 is 0. The zero-order chi connectivity index (χ0) is 20.2. The molecule has 1 aliphatic carbocycles. The van der Waals surface area contributed by atoms with E-state index in [0.29, 0.717) is 18.3 Å². The van der Waals surface area contributed by atoms with Gasteiger partial charge in [-0.2, -0.15) is 0 Å². The minimum Gasteiger partial charge on any atom is -0.477 e. The maximum Gasteiger partial charge on any atom is 0.213 e. The first-order valence-electron chi connectivity index (χ1n) is 11.1. The summed E-state index contributed by atoms with van der Waals surface area (Å²) in [6.45, 7) is 8.50. The van der Waals surface area contributed by atoms with Crippen LogP contribution in [-0.2, 0) is 16.0 Å². The topological polar surface area (TPSA) is 77.0 Å². The molecule has 1 aliphatic heterocycles. The minimum absolute atomic E-state index is 0. The second-order valence-corrected chi connectivity index (χ2v) is 7.87. The molecule has 1 aromatic heterocycles. The molecule has 3 rings (SSSR count). The lowest BCUT2D eigenvalue weighted by Crippen LogP contribution is -2.38. The number of guanidine groups is 1. The molecule has 2 aliphatic rings. The van der Waals surface area contributed by atoms with Crippen LogP contribution >= 0.6 is 24.0 Å². The van der Waals surface area contributed by atoms with Gasteiger partial charge in [0.2, 0.25) is 5.88 Å². The van der Waals surface area contributed by atoms with Crippen molar-refractivity contribution < 1.29 is 14.2 Å². The average molecular weight is 532 g/mol. The van der Waals surface area contributed by atoms with Gasteiger partial charge in [-0.3, -0.25) is 0 Å². The summed E-state index contributed by atoms with van der Waals surface area (Å²) in [6.07, 6.45) is 7.63. The zero-order valence-corrected chi connectivity index (χ0v) is 20.4. The second-order valence-electron chi connectivity index (χ2n) is 7.87. The third-order valence-corrected chi connectivity index (χ3v) is 5.18. The zero-order valence-electron chi connectivity index (χ0n) is 18.1. The molecule has 0 unspecified atom stereocenters. The molecule has 7 nitrogen and oxygen atoms in total. The lowest BCUT2D eigenvalue weighted by Gasteiger charge is -2.21. The molecule has 2 N–H and O–H groups in total. The van der Waals surface area contributed by atoms with Gasteiger partial charge in [-0.15, -0.1) is 24.0 Å². The summed E-state index contributed by atoms with van der Waals surface area (Å²) in [4.78, 5) is 9.03. The molecule has 0 amide bonds. The van der Waals surface area contributed by atoms with E-state index in [1.807, 2.05) is 18.3 Å². The van der Waals surface area contributed by atoms with Crippen LogP contribution in [-0.4, -0.2) is 57.1 Å². The van der Waals surface area contributed by atoms with Gasteiger partial charge in [-0.05, 0) is 56.4 Å². The van der Waals surface area contributed by atoms with E-state index in [9.17, 15) is 0 Å². The van der Waals surface area contributed by atoms with E-state index in [-0.39, 0.29) is 24.0 Å². The van der Waals surface area contributed by atoms with Crippen molar-refractivity contribution in [2.24, 2.45) is 16.8 Å². The van der Waals surface area contributed by atoms with E-state index < -0.39 is 0 Å². The number of nitrogens with one attached hydrogen (secondary N) is 2. The molecule has 0 spiro atoms. The number of nitrogens with zero attached hydrogens (tertiary/aromatic N) is 2. The van der Waals surface area contributed by atoms with Crippen LogP contribution in [0.2, 0.25) is 0 Å². The van der Waals surface area contributed by atoms with Crippen molar-refractivity contribution in [3.8, 4) is 5.88 Å². The number of hydrogen-bond donors (Lipinski definition) is 2. The molecule has 1 saturated carbocycles. The third kappa shape index (κ3) is 10.3. The lowest BCUT2D eigenvalue weighted by atomic mass is 10.0. The van der Waals surface area contributed by atoms with Crippen molar-refractivity contribution in [2.45, 2.75) is 45.6 Å². The van der Waals surface area contributed by atoms with Gasteiger partial charge in [-0.1, -0.05) is 6.07 Å². The predicted molar refractivity (Wildman–Crippen MR) is 130 cm³/mol. The molecule has 0 radical (unpaired) electrons. The fraction of sp³-hybridized carbons (Fsp3) is 0.727. The fourth-order valence-electron chi connectivity index (χ4n) is 3.13. The van der Waals surface area contributed by atoms with Crippen LogP contribution in [0.3, 0.4) is 0 Å². The van der Waals surface area contributed by atoms with Gasteiger partial charge in [0.1, 0.15) is 0 Å². The molecule has 0 aromatic carbocycles. The maximum atomic E-state index is 5.82. The van der Waals surface area contributed by atoms with E-state index in [1.165, 1.54) is 12.8 Å². The Hall–Kier alpha value is -1.13. The fourth-order valence-corrected chi connectivity index (χ4v) is 3.13. The van der Waals surface area contributed by atoms with E-state index in [4.69, 9.17) is 14.2 Å². The molecular weight excluding hydrogens is 495 g/mol. The SMILES string of the molecule is CCNC(=NCc1ccc(OCC2CC2)nc1)NCCCOCC1CCOCC1.I. The molecule has 8 heteroatoms. The van der Waals surface area contributed by atoms with Gasteiger partial charge in [0.15, 0.2) is 5.96 Å². The van der Waals surface area contributed by atoms with Crippen molar-refractivity contribution in [2.75, 3.05) is 46.1 Å². The number of aromatic nitrogens is 1. The predicted octanol–water partition coefficient (Wildman–Crippen LogP) is 3.38. The monoisotopic (exact) mass is 532 g/mol. The molecule has 2 fully saturated rings. The summed E-state index contributed by atoms with van der Waals surface area (Å²) < 4.78 is 16.9. The number of hydrogen-bond acceptors (Lipinski definition) is 5. The average Bonchev–Trinajstić information content (AvgIpc) is 3.59. The molecule has 2 heterocycles. The summed E-state index contributed by atoms with van der Waals surface area (Å²) in [5.74, 6) is 2.93. The van der Waals surface area contributed by atoms with Crippen molar-refractivity contribution in [3.63, 3.8) is 0 Å². The van der Waals surface area contributed by atoms with Crippen LogP contribution in [0.5, 0.6) is 5.88 Å². The largest absolute Gasteiger partial charge is 0.477 e.